The molecule has 5 fully saturated rings. The van der Waals surface area contributed by atoms with Gasteiger partial charge >= 0.3 is 0 Å². The molecule has 5 aliphatic heterocycles. The second-order valence-corrected chi connectivity index (χ2v) is 14.6. The molecule has 0 spiro atoms. The number of aliphatic hydroxyl groups is 14. The van der Waals surface area contributed by atoms with Crippen molar-refractivity contribution in [1.82, 2.24) is 0 Å². The number of hydrogen-bond donors (Lipinski definition) is 15. The van der Waals surface area contributed by atoms with E-state index in [9.17, 15) is 71.5 Å². The monoisotopic (exact) mass is 851 g/mol. The van der Waals surface area contributed by atoms with E-state index in [4.69, 9.17) is 53.1 Å². The maximum atomic E-state index is 11.4. The molecule has 338 valence electrons. The quantitative estimate of drug-likeness (QED) is 0.0680. The topological polar surface area (TPSA) is 402 Å². The molecule has 58 heavy (non-hydrogen) atoms. The van der Waals surface area contributed by atoms with Crippen LogP contribution >= 0.6 is 0 Å². The molecule has 0 amide bonds. The molecule has 0 aliphatic carbocycles. The predicted octanol–water partition coefficient (Wildman–Crippen LogP) is -9.72. The zero-order valence-electron chi connectivity index (χ0n) is 31.2. The highest BCUT2D eigenvalue weighted by molar-refractivity contribution is 5.00. The zero-order valence-corrected chi connectivity index (χ0v) is 31.2. The van der Waals surface area contributed by atoms with Crippen LogP contribution in [-0.4, -0.2) is 258 Å². The van der Waals surface area contributed by atoms with Crippen LogP contribution in [0.4, 0.5) is 0 Å². The van der Waals surface area contributed by atoms with Gasteiger partial charge in [-0.3, -0.25) is 0 Å². The van der Waals surface area contributed by atoms with Crippen LogP contribution in [-0.2, 0) is 47.4 Å². The van der Waals surface area contributed by atoms with Crippen LogP contribution < -0.4 is 5.73 Å². The van der Waals surface area contributed by atoms with Gasteiger partial charge in [0.2, 0.25) is 0 Å². The van der Waals surface area contributed by atoms with Crippen molar-refractivity contribution in [3.8, 4) is 0 Å². The summed E-state index contributed by atoms with van der Waals surface area (Å²) in [5, 5.41) is 148. The lowest BCUT2D eigenvalue weighted by Gasteiger charge is -2.50. The number of rotatable bonds is 15. The van der Waals surface area contributed by atoms with Crippen LogP contribution in [0.15, 0.2) is 12.7 Å². The lowest BCUT2D eigenvalue weighted by Crippen LogP contribution is -2.69. The molecule has 0 saturated carbocycles. The van der Waals surface area contributed by atoms with E-state index in [1.165, 1.54) is 13.0 Å². The molecule has 0 radical (unpaired) electrons. The smallest absolute Gasteiger partial charge is 0.187 e. The first-order valence-electron chi connectivity index (χ1n) is 18.6. The summed E-state index contributed by atoms with van der Waals surface area (Å²) >= 11 is 0. The summed E-state index contributed by atoms with van der Waals surface area (Å²) in [6.45, 7) is 1.29. The molecule has 16 unspecified atom stereocenters. The van der Waals surface area contributed by atoms with E-state index in [2.05, 4.69) is 6.58 Å². The number of nitrogens with two attached hydrogens (primary N) is 1. The van der Waals surface area contributed by atoms with E-state index < -0.39 is 180 Å². The summed E-state index contributed by atoms with van der Waals surface area (Å²) in [5.74, 6) is 0. The van der Waals surface area contributed by atoms with Crippen LogP contribution in [0.3, 0.4) is 0 Å². The molecular formula is C33H57NO24. The van der Waals surface area contributed by atoms with Gasteiger partial charge in [0.1, 0.15) is 110 Å². The van der Waals surface area contributed by atoms with Crippen molar-refractivity contribution < 1.29 is 119 Å². The van der Waals surface area contributed by atoms with Crippen LogP contribution in [0, 0.1) is 0 Å². The van der Waals surface area contributed by atoms with Crippen LogP contribution in [0.2, 0.25) is 0 Å². The fraction of sp³-hybridized carbons (Fsp3) is 0.939. The van der Waals surface area contributed by atoms with Gasteiger partial charge in [-0.05, 0) is 6.92 Å². The Morgan fingerprint density at radius 3 is 1.50 bits per heavy atom. The summed E-state index contributed by atoms with van der Waals surface area (Å²) in [6.07, 6.45) is -39.7. The molecule has 0 bridgehead atoms. The summed E-state index contributed by atoms with van der Waals surface area (Å²) in [5.41, 5.74) is 6.46. The van der Waals surface area contributed by atoms with Gasteiger partial charge in [0.05, 0.1) is 45.2 Å². The molecule has 25 atom stereocenters. The van der Waals surface area contributed by atoms with E-state index in [1.54, 1.807) is 0 Å². The SMILES string of the molecule is C=CCO[C@@H]1OC(CO)[C@H](O[C@@H]2OC(CO)C(O)[C@H](OC3OC(CO)[C@H](O)C(O[C@@H]4OC(CO)[C@H](O)C(O)C4O[C@@H]4OC(C)[C@H](O)C(O)C4O)C3N)C2O)C(O)C1O. The molecule has 5 saturated heterocycles. The van der Waals surface area contributed by atoms with Crippen molar-refractivity contribution in [2.24, 2.45) is 5.73 Å². The maximum absolute atomic E-state index is 11.4. The van der Waals surface area contributed by atoms with E-state index in [0.717, 1.165) is 0 Å². The largest absolute Gasteiger partial charge is 0.394 e. The van der Waals surface area contributed by atoms with Gasteiger partial charge in [-0.25, -0.2) is 0 Å². The highest BCUT2D eigenvalue weighted by Gasteiger charge is 2.56. The standard InChI is InChI=1S/C33H57NO24/c1-3-4-49-30-23(47)21(45)25(13(8-38)54-30)55-32-24(48)27(18(42)12(7-37)52-32)57-29-14(34)26(17(41)11(6-36)51-29)56-33-28(20(44)16(40)10(5-35)53-33)58-31-22(46)19(43)15(39)9(2)50-31/h3,9-33,35-48H,1,4-8,34H2,2H3/t9?,10?,11?,12?,13?,14?,15-,16-,17-,18?,19?,20?,21?,22?,23?,24?,25-,26?,27-,28?,29?,30+,31-,32-,33-/m0/s1. The van der Waals surface area contributed by atoms with Crippen LogP contribution in [0.25, 0.3) is 0 Å². The lowest BCUT2D eigenvalue weighted by atomic mass is 9.94. The van der Waals surface area contributed by atoms with Crippen LogP contribution in [0.1, 0.15) is 6.92 Å². The predicted molar refractivity (Wildman–Crippen MR) is 181 cm³/mol. The zero-order chi connectivity index (χ0) is 42.7. The molecule has 0 aromatic carbocycles. The third-order valence-corrected chi connectivity index (χ3v) is 10.7. The van der Waals surface area contributed by atoms with Gasteiger partial charge in [-0.15, -0.1) is 6.58 Å². The highest BCUT2D eigenvalue weighted by Crippen LogP contribution is 2.35. The average Bonchev–Trinajstić information content (AvgIpc) is 3.21. The molecule has 16 N–H and O–H groups in total. The van der Waals surface area contributed by atoms with Gasteiger partial charge in [0.25, 0.3) is 0 Å². The van der Waals surface area contributed by atoms with E-state index >= 15 is 0 Å². The molecule has 25 heteroatoms. The molecule has 25 nitrogen and oxygen atoms in total. The molecule has 5 aliphatic rings. The third kappa shape index (κ3) is 9.84. The molecule has 0 aromatic rings. The van der Waals surface area contributed by atoms with E-state index in [-0.39, 0.29) is 6.61 Å². The van der Waals surface area contributed by atoms with Crippen molar-refractivity contribution in [3.05, 3.63) is 12.7 Å². The van der Waals surface area contributed by atoms with Gasteiger partial charge < -0.3 is 125 Å². The van der Waals surface area contributed by atoms with Crippen molar-refractivity contribution >= 4 is 0 Å². The first-order chi connectivity index (χ1) is 27.5. The summed E-state index contributed by atoms with van der Waals surface area (Å²) in [6, 6.07) is -1.66. The Morgan fingerprint density at radius 2 is 0.897 bits per heavy atom. The Kier molecular flexibility index (Phi) is 17.1. The number of aliphatic hydroxyl groups excluding tert-OH is 14. The minimum absolute atomic E-state index is 0.0882. The average molecular weight is 852 g/mol. The van der Waals surface area contributed by atoms with E-state index in [0.29, 0.717) is 0 Å². The van der Waals surface area contributed by atoms with Crippen molar-refractivity contribution in [1.29, 1.82) is 0 Å². The third-order valence-electron chi connectivity index (χ3n) is 10.7. The Bertz CT molecular complexity index is 1280. The number of hydrogen-bond acceptors (Lipinski definition) is 25. The van der Waals surface area contributed by atoms with Gasteiger partial charge in [0.15, 0.2) is 31.5 Å². The normalized spacial score (nSPS) is 51.7. The summed E-state index contributed by atoms with van der Waals surface area (Å²) in [7, 11) is 0. The first-order valence-corrected chi connectivity index (χ1v) is 18.6. The Balaban J connectivity index is 1.36. The van der Waals surface area contributed by atoms with Gasteiger partial charge in [-0.1, -0.05) is 6.08 Å². The van der Waals surface area contributed by atoms with Crippen LogP contribution in [0.5, 0.6) is 0 Å². The Hall–Kier alpha value is -1.26. The second kappa shape index (κ2) is 20.7. The van der Waals surface area contributed by atoms with Crippen molar-refractivity contribution in [3.63, 3.8) is 0 Å². The molecular weight excluding hydrogens is 794 g/mol. The molecule has 0 aromatic heterocycles. The highest BCUT2D eigenvalue weighted by atomic mass is 16.8. The second-order valence-electron chi connectivity index (χ2n) is 14.6. The lowest BCUT2D eigenvalue weighted by molar-refractivity contribution is -0.389. The summed E-state index contributed by atoms with van der Waals surface area (Å²) < 4.78 is 56.5. The van der Waals surface area contributed by atoms with E-state index in [1.807, 2.05) is 0 Å². The van der Waals surface area contributed by atoms with Gasteiger partial charge in [-0.2, -0.15) is 0 Å². The molecule has 5 heterocycles. The minimum atomic E-state index is -2.02. The van der Waals surface area contributed by atoms with Gasteiger partial charge in [0, 0.05) is 0 Å². The van der Waals surface area contributed by atoms with Crippen molar-refractivity contribution in [2.75, 3.05) is 33.0 Å². The number of ether oxygens (including phenoxy) is 10. The van der Waals surface area contributed by atoms with Crippen molar-refractivity contribution in [2.45, 2.75) is 160 Å². The Morgan fingerprint density at radius 1 is 0.448 bits per heavy atom. The fourth-order valence-corrected chi connectivity index (χ4v) is 7.29. The first kappa shape index (κ1) is 47.8. The fourth-order valence-electron chi connectivity index (χ4n) is 7.29. The minimum Gasteiger partial charge on any atom is -0.394 e. The molecule has 5 rings (SSSR count). The Labute approximate surface area is 330 Å². The summed E-state index contributed by atoms with van der Waals surface area (Å²) in [4.78, 5) is 0. The maximum Gasteiger partial charge on any atom is 0.187 e.